The molecule has 1 atom stereocenters. The summed E-state index contributed by atoms with van der Waals surface area (Å²) in [5, 5.41) is 11.3. The summed E-state index contributed by atoms with van der Waals surface area (Å²) in [5.41, 5.74) is 1.63. The highest BCUT2D eigenvalue weighted by atomic mass is 16.5. The number of ketones is 1. The lowest BCUT2D eigenvalue weighted by Gasteiger charge is -2.26. The third-order valence-electron chi connectivity index (χ3n) is 5.50. The molecule has 1 N–H and O–H groups in total. The molecule has 0 aliphatic carbocycles. The van der Waals surface area contributed by atoms with E-state index in [0.717, 1.165) is 0 Å². The summed E-state index contributed by atoms with van der Waals surface area (Å²) in [7, 11) is 6.08. The van der Waals surface area contributed by atoms with Gasteiger partial charge in [-0.2, -0.15) is 0 Å². The van der Waals surface area contributed by atoms with Crippen molar-refractivity contribution in [2.24, 2.45) is 0 Å². The van der Waals surface area contributed by atoms with Gasteiger partial charge < -0.3 is 29.0 Å². The molecule has 170 valence electrons. The number of nitrogens with zero attached hydrogens (tertiary/aromatic N) is 1. The number of carbonyl (C=O) groups is 2. The monoisotopic (exact) mass is 441 g/mol. The van der Waals surface area contributed by atoms with Gasteiger partial charge in [-0.05, 0) is 48.9 Å². The molecule has 2 aromatic rings. The summed E-state index contributed by atoms with van der Waals surface area (Å²) in [6.45, 7) is 2.17. The van der Waals surface area contributed by atoms with Crippen LogP contribution in [0.15, 0.2) is 42.0 Å². The number of rotatable bonds is 8. The van der Waals surface area contributed by atoms with Crippen LogP contribution in [0.4, 0.5) is 0 Å². The van der Waals surface area contributed by atoms with Crippen LogP contribution in [0.3, 0.4) is 0 Å². The van der Waals surface area contributed by atoms with Gasteiger partial charge in [0.1, 0.15) is 23.0 Å². The molecule has 0 radical (unpaired) electrons. The van der Waals surface area contributed by atoms with Gasteiger partial charge in [-0.15, -0.1) is 0 Å². The summed E-state index contributed by atoms with van der Waals surface area (Å²) in [5.74, 6) is -0.159. The molecule has 0 spiro atoms. The maximum Gasteiger partial charge on any atom is 0.295 e. The molecular formula is C24H27NO7. The summed E-state index contributed by atoms with van der Waals surface area (Å²) in [6.07, 6.45) is 0. The van der Waals surface area contributed by atoms with Crippen LogP contribution in [0, 0.1) is 6.92 Å². The Balaban J connectivity index is 2.26. The normalized spacial score (nSPS) is 17.5. The molecule has 1 fully saturated rings. The third-order valence-corrected chi connectivity index (χ3v) is 5.50. The average molecular weight is 441 g/mol. The summed E-state index contributed by atoms with van der Waals surface area (Å²) < 4.78 is 21.2. The van der Waals surface area contributed by atoms with Crippen molar-refractivity contribution >= 4 is 17.4 Å². The second-order valence-corrected chi connectivity index (χ2v) is 7.27. The second-order valence-electron chi connectivity index (χ2n) is 7.27. The van der Waals surface area contributed by atoms with Crippen LogP contribution in [-0.4, -0.2) is 63.3 Å². The Morgan fingerprint density at radius 3 is 2.22 bits per heavy atom. The first-order valence-electron chi connectivity index (χ1n) is 10.0. The predicted octanol–water partition coefficient (Wildman–Crippen LogP) is 3.09. The van der Waals surface area contributed by atoms with E-state index in [1.807, 2.05) is 0 Å². The molecule has 0 aromatic heterocycles. The molecule has 1 saturated heterocycles. The fourth-order valence-corrected chi connectivity index (χ4v) is 3.85. The molecule has 0 unspecified atom stereocenters. The number of likely N-dealkylation sites (tertiary alicyclic amines) is 1. The highest BCUT2D eigenvalue weighted by molar-refractivity contribution is 6.46. The topological polar surface area (TPSA) is 94.5 Å². The number of aryl methyl sites for hydroxylation is 1. The highest BCUT2D eigenvalue weighted by Crippen LogP contribution is 2.44. The van der Waals surface area contributed by atoms with Crippen molar-refractivity contribution in [1.82, 2.24) is 4.90 Å². The van der Waals surface area contributed by atoms with Gasteiger partial charge in [0.25, 0.3) is 11.7 Å². The van der Waals surface area contributed by atoms with Gasteiger partial charge in [-0.25, -0.2) is 0 Å². The number of benzene rings is 2. The van der Waals surface area contributed by atoms with E-state index in [-0.39, 0.29) is 24.5 Å². The summed E-state index contributed by atoms with van der Waals surface area (Å²) in [4.78, 5) is 27.5. The van der Waals surface area contributed by atoms with Gasteiger partial charge in [-0.3, -0.25) is 9.59 Å². The Labute approximate surface area is 187 Å². The third kappa shape index (κ3) is 4.13. The fraction of sp³-hybridized carbons (Fsp3) is 0.333. The lowest BCUT2D eigenvalue weighted by atomic mass is 9.93. The van der Waals surface area contributed by atoms with Crippen LogP contribution in [0.1, 0.15) is 22.7 Å². The number of carbonyl (C=O) groups excluding carboxylic acids is 2. The molecule has 8 heteroatoms. The van der Waals surface area contributed by atoms with E-state index in [2.05, 4.69) is 0 Å². The lowest BCUT2D eigenvalue weighted by Crippen LogP contribution is -2.32. The first kappa shape index (κ1) is 23.1. The minimum absolute atomic E-state index is 0.0223. The van der Waals surface area contributed by atoms with Gasteiger partial charge in [0.05, 0.1) is 39.6 Å². The van der Waals surface area contributed by atoms with Crippen LogP contribution >= 0.6 is 0 Å². The highest BCUT2D eigenvalue weighted by Gasteiger charge is 2.47. The Kier molecular flexibility index (Phi) is 7.05. The quantitative estimate of drug-likeness (QED) is 0.382. The minimum Gasteiger partial charge on any atom is -0.507 e. The van der Waals surface area contributed by atoms with Crippen LogP contribution in [0.2, 0.25) is 0 Å². The van der Waals surface area contributed by atoms with E-state index in [1.54, 1.807) is 50.4 Å². The van der Waals surface area contributed by atoms with Crippen LogP contribution in [0.5, 0.6) is 17.2 Å². The first-order valence-corrected chi connectivity index (χ1v) is 10.0. The fourth-order valence-electron chi connectivity index (χ4n) is 3.85. The smallest absolute Gasteiger partial charge is 0.295 e. The van der Waals surface area contributed by atoms with Crippen molar-refractivity contribution in [2.45, 2.75) is 13.0 Å². The maximum atomic E-state index is 13.1. The van der Waals surface area contributed by atoms with Gasteiger partial charge >= 0.3 is 0 Å². The molecule has 8 nitrogen and oxygen atoms in total. The SMILES string of the molecule is COCCN1C(=O)C(=O)C(=C(O)c2ccc(OC)cc2C)[C@@H]1c1cc(OC)ccc1OC. The van der Waals surface area contributed by atoms with Crippen molar-refractivity contribution in [3.63, 3.8) is 0 Å². The first-order chi connectivity index (χ1) is 15.4. The molecule has 1 aliphatic heterocycles. The van der Waals surface area contributed by atoms with E-state index in [4.69, 9.17) is 18.9 Å². The zero-order chi connectivity index (χ0) is 23.4. The minimum atomic E-state index is -0.878. The zero-order valence-corrected chi connectivity index (χ0v) is 18.8. The van der Waals surface area contributed by atoms with Crippen LogP contribution < -0.4 is 14.2 Å². The molecule has 32 heavy (non-hydrogen) atoms. The molecule has 1 aliphatic rings. The molecule has 1 amide bonds. The van der Waals surface area contributed by atoms with Crippen molar-refractivity contribution in [2.75, 3.05) is 41.6 Å². The Hall–Kier alpha value is -3.52. The Morgan fingerprint density at radius 2 is 1.62 bits per heavy atom. The second kappa shape index (κ2) is 9.74. The van der Waals surface area contributed by atoms with Crippen molar-refractivity contribution in [3.05, 3.63) is 58.7 Å². The van der Waals surface area contributed by atoms with E-state index < -0.39 is 17.7 Å². The maximum absolute atomic E-state index is 13.1. The Bertz CT molecular complexity index is 1060. The molecule has 0 bridgehead atoms. The standard InChI is InChI=1S/C24H27NO7/c1-14-12-15(30-3)6-8-17(14)22(26)20-21(25(10-11-29-2)24(28)23(20)27)18-13-16(31-4)7-9-19(18)32-5/h6-9,12-13,21,26H,10-11H2,1-5H3/t21-/m0/s1. The molecule has 0 saturated carbocycles. The number of aliphatic hydroxyl groups is 1. The van der Waals surface area contributed by atoms with Gasteiger partial charge in [-0.1, -0.05) is 0 Å². The molecule has 2 aromatic carbocycles. The average Bonchev–Trinajstić information content (AvgIpc) is 3.06. The van der Waals surface area contributed by atoms with Crippen molar-refractivity contribution < 1.29 is 33.6 Å². The summed E-state index contributed by atoms with van der Waals surface area (Å²) >= 11 is 0. The van der Waals surface area contributed by atoms with Crippen LogP contribution in [0.25, 0.3) is 5.76 Å². The molecule has 1 heterocycles. The number of amides is 1. The van der Waals surface area contributed by atoms with E-state index >= 15 is 0 Å². The number of hydrogen-bond donors (Lipinski definition) is 1. The zero-order valence-electron chi connectivity index (χ0n) is 18.8. The number of Topliss-reactive ketones (excluding diaryl/α,β-unsaturated/α-hetero) is 1. The van der Waals surface area contributed by atoms with E-state index in [1.165, 1.54) is 26.2 Å². The van der Waals surface area contributed by atoms with E-state index in [9.17, 15) is 14.7 Å². The summed E-state index contributed by atoms with van der Waals surface area (Å²) in [6, 6.07) is 9.33. The molecule has 3 rings (SSSR count). The number of ether oxygens (including phenoxy) is 4. The predicted molar refractivity (Wildman–Crippen MR) is 118 cm³/mol. The Morgan fingerprint density at radius 1 is 0.969 bits per heavy atom. The van der Waals surface area contributed by atoms with Crippen molar-refractivity contribution in [1.29, 1.82) is 0 Å². The van der Waals surface area contributed by atoms with Gasteiger partial charge in [0, 0.05) is 24.8 Å². The van der Waals surface area contributed by atoms with E-state index in [0.29, 0.717) is 33.9 Å². The van der Waals surface area contributed by atoms with Crippen LogP contribution in [-0.2, 0) is 14.3 Å². The lowest BCUT2D eigenvalue weighted by molar-refractivity contribution is -0.140. The molecular weight excluding hydrogens is 414 g/mol. The van der Waals surface area contributed by atoms with Gasteiger partial charge in [0.15, 0.2) is 0 Å². The van der Waals surface area contributed by atoms with Crippen molar-refractivity contribution in [3.8, 4) is 17.2 Å². The number of methoxy groups -OCH3 is 4. The number of hydrogen-bond acceptors (Lipinski definition) is 7. The van der Waals surface area contributed by atoms with Gasteiger partial charge in [0.2, 0.25) is 0 Å². The number of aliphatic hydroxyl groups excluding tert-OH is 1. The largest absolute Gasteiger partial charge is 0.507 e.